The standard InChI is InChI=1S/C34H38N4O4/c1-25(2)21-30(32(39)36-31-22-35-34(41)38(31)23-27-15-8-4-9-16-27)29(20-12-19-26-13-6-3-7-14-26)33(40)37-42-24-28-17-10-5-11-18-28/h3-19,22,25,29-30H,20-21,23-24H2,1-2H3,(H,35,41)(H,36,39)(H,37,40)/b19-12+/t29-,30+/m0/s1. The molecule has 0 radical (unpaired) electrons. The van der Waals surface area contributed by atoms with Crippen LogP contribution in [0.4, 0.5) is 5.82 Å². The molecule has 42 heavy (non-hydrogen) atoms. The number of nitrogens with one attached hydrogen (secondary N) is 3. The van der Waals surface area contributed by atoms with Gasteiger partial charge in [0.25, 0.3) is 0 Å². The number of rotatable bonds is 14. The second-order valence-corrected chi connectivity index (χ2v) is 10.7. The van der Waals surface area contributed by atoms with Crippen molar-refractivity contribution in [3.8, 4) is 0 Å². The quantitative estimate of drug-likeness (QED) is 0.168. The van der Waals surface area contributed by atoms with Gasteiger partial charge in [0, 0.05) is 6.20 Å². The number of hydrogen-bond acceptors (Lipinski definition) is 4. The molecular formula is C34H38N4O4. The molecule has 4 aromatic rings. The third-order valence-corrected chi connectivity index (χ3v) is 6.94. The summed E-state index contributed by atoms with van der Waals surface area (Å²) in [5.74, 6) is -1.61. The number of carbonyl (C=O) groups is 2. The first kappa shape index (κ1) is 30.3. The number of anilines is 1. The summed E-state index contributed by atoms with van der Waals surface area (Å²) >= 11 is 0. The zero-order chi connectivity index (χ0) is 29.7. The van der Waals surface area contributed by atoms with Gasteiger partial charge < -0.3 is 10.3 Å². The van der Waals surface area contributed by atoms with Gasteiger partial charge in [-0.1, -0.05) is 117 Å². The second-order valence-electron chi connectivity index (χ2n) is 10.7. The van der Waals surface area contributed by atoms with E-state index < -0.39 is 11.8 Å². The molecule has 3 N–H and O–H groups in total. The van der Waals surface area contributed by atoms with Gasteiger partial charge in [0.1, 0.15) is 5.82 Å². The van der Waals surface area contributed by atoms with Crippen LogP contribution in [0.5, 0.6) is 0 Å². The summed E-state index contributed by atoms with van der Waals surface area (Å²) in [6, 6.07) is 28.9. The number of amides is 2. The molecule has 3 aromatic carbocycles. The molecule has 8 heteroatoms. The number of aromatic nitrogens is 2. The fourth-order valence-electron chi connectivity index (χ4n) is 4.81. The van der Waals surface area contributed by atoms with Gasteiger partial charge in [-0.3, -0.25) is 19.0 Å². The van der Waals surface area contributed by atoms with Gasteiger partial charge in [-0.15, -0.1) is 0 Å². The molecule has 4 rings (SSSR count). The molecule has 2 atom stereocenters. The summed E-state index contributed by atoms with van der Waals surface area (Å²) in [6.07, 6.45) is 6.14. The Kier molecular flexibility index (Phi) is 11.1. The molecule has 0 spiro atoms. The number of imidazole rings is 1. The first-order chi connectivity index (χ1) is 20.4. The minimum atomic E-state index is -0.712. The number of hydrogen-bond donors (Lipinski definition) is 3. The molecule has 0 aliphatic heterocycles. The van der Waals surface area contributed by atoms with Crippen molar-refractivity contribution in [3.63, 3.8) is 0 Å². The van der Waals surface area contributed by atoms with E-state index in [4.69, 9.17) is 4.84 Å². The minimum Gasteiger partial charge on any atom is -0.311 e. The maximum absolute atomic E-state index is 13.9. The summed E-state index contributed by atoms with van der Waals surface area (Å²) in [5, 5.41) is 2.93. The molecule has 0 saturated carbocycles. The van der Waals surface area contributed by atoms with E-state index in [1.165, 1.54) is 10.8 Å². The average molecular weight is 567 g/mol. The van der Waals surface area contributed by atoms with Gasteiger partial charge in [0.15, 0.2) is 0 Å². The van der Waals surface area contributed by atoms with Crippen molar-refractivity contribution >= 4 is 23.7 Å². The molecule has 218 valence electrons. The molecule has 0 bridgehead atoms. The van der Waals surface area contributed by atoms with Crippen molar-refractivity contribution in [2.75, 3.05) is 5.32 Å². The largest absolute Gasteiger partial charge is 0.327 e. The number of H-pyrrole nitrogens is 1. The molecule has 0 unspecified atom stereocenters. The fourth-order valence-corrected chi connectivity index (χ4v) is 4.81. The van der Waals surface area contributed by atoms with E-state index in [0.717, 1.165) is 16.7 Å². The van der Waals surface area contributed by atoms with Gasteiger partial charge in [0.2, 0.25) is 11.8 Å². The number of allylic oxidation sites excluding steroid dienone is 1. The lowest BCUT2D eigenvalue weighted by molar-refractivity contribution is -0.143. The smallest absolute Gasteiger partial charge is 0.311 e. The van der Waals surface area contributed by atoms with E-state index in [9.17, 15) is 14.4 Å². The molecule has 0 aliphatic rings. The second kappa shape index (κ2) is 15.3. The van der Waals surface area contributed by atoms with Crippen molar-refractivity contribution in [2.45, 2.75) is 39.8 Å². The van der Waals surface area contributed by atoms with Crippen LogP contribution in [-0.2, 0) is 27.6 Å². The van der Waals surface area contributed by atoms with Crippen LogP contribution in [0.3, 0.4) is 0 Å². The molecule has 0 fully saturated rings. The predicted octanol–water partition coefficient (Wildman–Crippen LogP) is 5.79. The lowest BCUT2D eigenvalue weighted by Gasteiger charge is -2.26. The van der Waals surface area contributed by atoms with Gasteiger partial charge >= 0.3 is 5.69 Å². The molecule has 0 saturated heterocycles. The fraction of sp³-hybridized carbons (Fsp3) is 0.265. The highest BCUT2D eigenvalue weighted by molar-refractivity contribution is 5.95. The normalized spacial score (nSPS) is 12.7. The lowest BCUT2D eigenvalue weighted by atomic mass is 9.82. The highest BCUT2D eigenvalue weighted by Crippen LogP contribution is 2.27. The minimum absolute atomic E-state index is 0.136. The number of hydroxylamine groups is 1. The van der Waals surface area contributed by atoms with Crippen molar-refractivity contribution in [2.24, 2.45) is 17.8 Å². The van der Waals surface area contributed by atoms with E-state index in [1.807, 2.05) is 117 Å². The Bertz CT molecular complexity index is 1490. The molecule has 0 aliphatic carbocycles. The Hall–Kier alpha value is -4.69. The third kappa shape index (κ3) is 8.91. The maximum Gasteiger partial charge on any atom is 0.327 e. The van der Waals surface area contributed by atoms with Gasteiger partial charge in [-0.05, 0) is 35.4 Å². The van der Waals surface area contributed by atoms with Crippen molar-refractivity contribution in [1.29, 1.82) is 0 Å². The van der Waals surface area contributed by atoms with Crippen LogP contribution in [0.15, 0.2) is 108 Å². The Morgan fingerprint density at radius 2 is 1.48 bits per heavy atom. The first-order valence-electron chi connectivity index (χ1n) is 14.2. The zero-order valence-electron chi connectivity index (χ0n) is 24.0. The van der Waals surface area contributed by atoms with Crippen LogP contribution in [0, 0.1) is 17.8 Å². The number of aromatic amines is 1. The Balaban J connectivity index is 1.55. The Morgan fingerprint density at radius 1 is 0.857 bits per heavy atom. The average Bonchev–Trinajstić information content (AvgIpc) is 3.33. The van der Waals surface area contributed by atoms with Crippen molar-refractivity contribution in [1.82, 2.24) is 15.0 Å². The van der Waals surface area contributed by atoms with Gasteiger partial charge in [-0.25, -0.2) is 10.3 Å². The van der Waals surface area contributed by atoms with Crippen LogP contribution in [0.25, 0.3) is 6.08 Å². The SMILES string of the molecule is CC(C)C[C@@H](C(=O)Nc1c[nH]c(=O)n1Cc1ccccc1)[C@H](C/C=C/c1ccccc1)C(=O)NOCc1ccccc1. The van der Waals surface area contributed by atoms with E-state index in [0.29, 0.717) is 25.2 Å². The summed E-state index contributed by atoms with van der Waals surface area (Å²) in [7, 11) is 0. The van der Waals surface area contributed by atoms with Gasteiger partial charge in [-0.2, -0.15) is 0 Å². The maximum atomic E-state index is 13.9. The summed E-state index contributed by atoms with van der Waals surface area (Å²) in [6.45, 7) is 4.53. The predicted molar refractivity (Wildman–Crippen MR) is 165 cm³/mol. The highest BCUT2D eigenvalue weighted by Gasteiger charge is 2.34. The number of benzene rings is 3. The van der Waals surface area contributed by atoms with Crippen LogP contribution in [-0.4, -0.2) is 21.4 Å². The molecular weight excluding hydrogens is 528 g/mol. The summed E-state index contributed by atoms with van der Waals surface area (Å²) in [5.41, 5.74) is 5.09. The number of nitrogens with zero attached hydrogens (tertiary/aromatic N) is 1. The Morgan fingerprint density at radius 3 is 2.12 bits per heavy atom. The van der Waals surface area contributed by atoms with Crippen molar-refractivity contribution < 1.29 is 14.4 Å². The number of carbonyl (C=O) groups excluding carboxylic acids is 2. The summed E-state index contributed by atoms with van der Waals surface area (Å²) in [4.78, 5) is 48.2. The van der Waals surface area contributed by atoms with E-state index in [-0.39, 0.29) is 30.0 Å². The molecule has 8 nitrogen and oxygen atoms in total. The zero-order valence-corrected chi connectivity index (χ0v) is 24.0. The van der Waals surface area contributed by atoms with Gasteiger partial charge in [0.05, 0.1) is 25.0 Å². The monoisotopic (exact) mass is 566 g/mol. The lowest BCUT2D eigenvalue weighted by Crippen LogP contribution is -2.40. The van der Waals surface area contributed by atoms with E-state index in [2.05, 4.69) is 15.8 Å². The summed E-state index contributed by atoms with van der Waals surface area (Å²) < 4.78 is 1.48. The third-order valence-electron chi connectivity index (χ3n) is 6.94. The Labute approximate surface area is 246 Å². The van der Waals surface area contributed by atoms with Crippen LogP contribution in [0.1, 0.15) is 43.4 Å². The first-order valence-corrected chi connectivity index (χ1v) is 14.2. The van der Waals surface area contributed by atoms with E-state index >= 15 is 0 Å². The molecule has 1 aromatic heterocycles. The van der Waals surface area contributed by atoms with Crippen LogP contribution < -0.4 is 16.5 Å². The van der Waals surface area contributed by atoms with Crippen LogP contribution in [0.2, 0.25) is 0 Å². The van der Waals surface area contributed by atoms with Crippen molar-refractivity contribution in [3.05, 3.63) is 130 Å². The highest BCUT2D eigenvalue weighted by atomic mass is 16.6. The van der Waals surface area contributed by atoms with Crippen LogP contribution >= 0.6 is 0 Å². The molecule has 2 amide bonds. The van der Waals surface area contributed by atoms with E-state index in [1.54, 1.807) is 0 Å². The molecule has 1 heterocycles. The topological polar surface area (TPSA) is 105 Å².